The van der Waals surface area contributed by atoms with E-state index in [1.54, 1.807) is 24.3 Å². The molecule has 0 bridgehead atoms. The number of nitrogens with one attached hydrogen (secondary N) is 1. The number of unbranched alkanes of at least 4 members (excludes halogenated alkanes) is 1. The van der Waals surface area contributed by atoms with Gasteiger partial charge in [-0.05, 0) is 43.5 Å². The molecule has 0 heterocycles. The average molecular weight is 347 g/mol. The molecule has 6 nitrogen and oxygen atoms in total. The highest BCUT2D eigenvalue weighted by Crippen LogP contribution is 2.25. The first-order chi connectivity index (χ1) is 12.1. The second-order valence-corrected chi connectivity index (χ2v) is 6.20. The van der Waals surface area contributed by atoms with Gasteiger partial charge in [0.2, 0.25) is 0 Å². The van der Waals surface area contributed by atoms with Crippen LogP contribution in [-0.4, -0.2) is 31.1 Å². The smallest absolute Gasteiger partial charge is 0.338 e. The third kappa shape index (κ3) is 6.21. The molecule has 25 heavy (non-hydrogen) atoms. The predicted octanol–water partition coefficient (Wildman–Crippen LogP) is 3.32. The van der Waals surface area contributed by atoms with E-state index in [2.05, 4.69) is 5.32 Å². The Hall–Kier alpha value is -2.37. The van der Waals surface area contributed by atoms with Crippen LogP contribution in [0.1, 0.15) is 55.8 Å². The van der Waals surface area contributed by atoms with Crippen LogP contribution in [0.25, 0.3) is 0 Å². The normalized spacial score (nSPS) is 14.1. The lowest BCUT2D eigenvalue weighted by Gasteiger charge is -2.10. The molecular weight excluding hydrogens is 322 g/mol. The molecule has 1 aliphatic rings. The van der Waals surface area contributed by atoms with Gasteiger partial charge >= 0.3 is 11.9 Å². The van der Waals surface area contributed by atoms with Crippen molar-refractivity contribution in [3.63, 3.8) is 0 Å². The highest BCUT2D eigenvalue weighted by Gasteiger charge is 2.24. The third-order valence-electron chi connectivity index (χ3n) is 4.17. The molecule has 0 atom stereocenters. The lowest BCUT2D eigenvalue weighted by Crippen LogP contribution is -2.23. The van der Waals surface area contributed by atoms with E-state index in [1.165, 1.54) is 0 Å². The number of amides is 1. The van der Waals surface area contributed by atoms with Crippen molar-refractivity contribution in [2.75, 3.05) is 18.5 Å². The monoisotopic (exact) mass is 347 g/mol. The molecule has 136 valence electrons. The van der Waals surface area contributed by atoms with Crippen molar-refractivity contribution in [1.29, 1.82) is 0 Å². The van der Waals surface area contributed by atoms with Crippen LogP contribution in [0.2, 0.25) is 0 Å². The maximum Gasteiger partial charge on any atom is 0.338 e. The standard InChI is InChI=1S/C19H25NO5/c1-2-3-12-24-18(22)15-8-10-16(11-9-15)20-17(21)13-25-19(23)14-6-4-5-7-14/h8-11,14H,2-7,12-13H2,1H3,(H,20,21). The zero-order chi connectivity index (χ0) is 18.1. The Morgan fingerprint density at radius 3 is 2.40 bits per heavy atom. The molecule has 1 amide bonds. The molecule has 1 fully saturated rings. The minimum absolute atomic E-state index is 0.0641. The Kier molecular flexibility index (Phi) is 7.44. The van der Waals surface area contributed by atoms with E-state index in [4.69, 9.17) is 9.47 Å². The van der Waals surface area contributed by atoms with E-state index < -0.39 is 5.91 Å². The van der Waals surface area contributed by atoms with Crippen LogP contribution >= 0.6 is 0 Å². The Bertz CT molecular complexity index is 590. The zero-order valence-electron chi connectivity index (χ0n) is 14.6. The van der Waals surface area contributed by atoms with E-state index in [0.29, 0.717) is 17.9 Å². The maximum atomic E-state index is 11.8. The summed E-state index contributed by atoms with van der Waals surface area (Å²) in [4.78, 5) is 35.4. The van der Waals surface area contributed by atoms with Crippen LogP contribution < -0.4 is 5.32 Å². The van der Waals surface area contributed by atoms with Gasteiger partial charge in [-0.25, -0.2) is 4.79 Å². The van der Waals surface area contributed by atoms with E-state index in [0.717, 1.165) is 38.5 Å². The molecule has 0 unspecified atom stereocenters. The fourth-order valence-corrected chi connectivity index (χ4v) is 2.70. The molecule has 0 saturated heterocycles. The lowest BCUT2D eigenvalue weighted by atomic mass is 10.1. The predicted molar refractivity (Wildman–Crippen MR) is 93.2 cm³/mol. The number of benzene rings is 1. The SMILES string of the molecule is CCCCOC(=O)c1ccc(NC(=O)COC(=O)C2CCCC2)cc1. The Balaban J connectivity index is 1.75. The lowest BCUT2D eigenvalue weighted by molar-refractivity contribution is -0.151. The quantitative estimate of drug-likeness (QED) is 0.576. The number of ether oxygens (including phenoxy) is 2. The molecule has 0 radical (unpaired) electrons. The van der Waals surface area contributed by atoms with Gasteiger partial charge in [0.05, 0.1) is 18.1 Å². The average Bonchev–Trinajstić information content (AvgIpc) is 3.15. The first kappa shape index (κ1) is 19.0. The summed E-state index contributed by atoms with van der Waals surface area (Å²) < 4.78 is 10.2. The van der Waals surface area contributed by atoms with Gasteiger partial charge in [-0.2, -0.15) is 0 Å². The zero-order valence-corrected chi connectivity index (χ0v) is 14.6. The number of hydrogen-bond acceptors (Lipinski definition) is 5. The third-order valence-corrected chi connectivity index (χ3v) is 4.17. The van der Waals surface area contributed by atoms with Crippen molar-refractivity contribution >= 4 is 23.5 Å². The first-order valence-corrected chi connectivity index (χ1v) is 8.84. The minimum atomic E-state index is -0.399. The van der Waals surface area contributed by atoms with Gasteiger partial charge in [0.25, 0.3) is 5.91 Å². The molecule has 0 aliphatic heterocycles. The topological polar surface area (TPSA) is 81.7 Å². The summed E-state index contributed by atoms with van der Waals surface area (Å²) in [5, 5.41) is 2.64. The Morgan fingerprint density at radius 2 is 1.76 bits per heavy atom. The number of hydrogen-bond donors (Lipinski definition) is 1. The van der Waals surface area contributed by atoms with Gasteiger partial charge in [0, 0.05) is 5.69 Å². The summed E-state index contributed by atoms with van der Waals surface area (Å²) in [5.74, 6) is -1.13. The molecule has 6 heteroatoms. The van der Waals surface area contributed by atoms with Crippen LogP contribution in [0.5, 0.6) is 0 Å². The first-order valence-electron chi connectivity index (χ1n) is 8.84. The summed E-state index contributed by atoms with van der Waals surface area (Å²) in [5.41, 5.74) is 0.966. The summed E-state index contributed by atoms with van der Waals surface area (Å²) in [7, 11) is 0. The van der Waals surface area contributed by atoms with Gasteiger partial charge in [-0.1, -0.05) is 26.2 Å². The minimum Gasteiger partial charge on any atom is -0.462 e. The highest BCUT2D eigenvalue weighted by atomic mass is 16.5. The fourth-order valence-electron chi connectivity index (χ4n) is 2.70. The molecule has 1 aliphatic carbocycles. The van der Waals surface area contributed by atoms with E-state index in [-0.39, 0.29) is 24.5 Å². The van der Waals surface area contributed by atoms with Crippen molar-refractivity contribution in [2.24, 2.45) is 5.92 Å². The van der Waals surface area contributed by atoms with Crippen molar-refractivity contribution < 1.29 is 23.9 Å². The molecule has 2 rings (SSSR count). The molecule has 1 aromatic rings. The highest BCUT2D eigenvalue weighted by molar-refractivity contribution is 5.94. The van der Waals surface area contributed by atoms with E-state index in [1.807, 2.05) is 6.92 Å². The van der Waals surface area contributed by atoms with E-state index >= 15 is 0 Å². The van der Waals surface area contributed by atoms with Crippen molar-refractivity contribution in [3.05, 3.63) is 29.8 Å². The molecular formula is C19H25NO5. The second kappa shape index (κ2) is 9.81. The van der Waals surface area contributed by atoms with Crippen molar-refractivity contribution in [2.45, 2.75) is 45.4 Å². The second-order valence-electron chi connectivity index (χ2n) is 6.20. The van der Waals surface area contributed by atoms with Crippen LogP contribution in [0.3, 0.4) is 0 Å². The summed E-state index contributed by atoms with van der Waals surface area (Å²) in [6, 6.07) is 6.42. The molecule has 0 spiro atoms. The summed E-state index contributed by atoms with van der Waals surface area (Å²) >= 11 is 0. The summed E-state index contributed by atoms with van der Waals surface area (Å²) in [6.45, 7) is 2.13. The fraction of sp³-hybridized carbons (Fsp3) is 0.526. The molecule has 1 aromatic carbocycles. The number of rotatable bonds is 8. The molecule has 0 aromatic heterocycles. The number of carbonyl (C=O) groups excluding carboxylic acids is 3. The van der Waals surface area contributed by atoms with Gasteiger partial charge in [-0.15, -0.1) is 0 Å². The Labute approximate surface area is 147 Å². The largest absolute Gasteiger partial charge is 0.462 e. The number of anilines is 1. The number of esters is 2. The maximum absolute atomic E-state index is 11.8. The van der Waals surface area contributed by atoms with Gasteiger partial charge in [0.15, 0.2) is 6.61 Å². The van der Waals surface area contributed by atoms with Crippen LogP contribution in [0.15, 0.2) is 24.3 Å². The number of carbonyl (C=O) groups is 3. The Morgan fingerprint density at radius 1 is 1.08 bits per heavy atom. The molecule has 1 N–H and O–H groups in total. The van der Waals surface area contributed by atoms with Gasteiger partial charge in [-0.3, -0.25) is 9.59 Å². The van der Waals surface area contributed by atoms with Crippen LogP contribution in [0.4, 0.5) is 5.69 Å². The summed E-state index contributed by atoms with van der Waals surface area (Å²) in [6.07, 6.45) is 5.56. The van der Waals surface area contributed by atoms with Gasteiger partial charge < -0.3 is 14.8 Å². The van der Waals surface area contributed by atoms with Gasteiger partial charge in [0.1, 0.15) is 0 Å². The van der Waals surface area contributed by atoms with Crippen LogP contribution in [-0.2, 0) is 19.1 Å². The van der Waals surface area contributed by atoms with Crippen molar-refractivity contribution in [3.8, 4) is 0 Å². The van der Waals surface area contributed by atoms with E-state index in [9.17, 15) is 14.4 Å². The van der Waals surface area contributed by atoms with Crippen LogP contribution in [0, 0.1) is 5.92 Å². The molecule has 1 saturated carbocycles. The van der Waals surface area contributed by atoms with Crippen molar-refractivity contribution in [1.82, 2.24) is 0 Å².